The molecule has 1 heterocycles. The predicted molar refractivity (Wildman–Crippen MR) is 74.5 cm³/mol. The SMILES string of the molecule is Cc1[nH]c(=O)c2ccccc2c1C(=O)OC(C)(C)C. The van der Waals surface area contributed by atoms with Crippen LogP contribution in [0.5, 0.6) is 0 Å². The summed E-state index contributed by atoms with van der Waals surface area (Å²) in [5.74, 6) is -0.419. The fourth-order valence-electron chi connectivity index (χ4n) is 1.99. The number of benzene rings is 1. The minimum absolute atomic E-state index is 0.194. The van der Waals surface area contributed by atoms with Gasteiger partial charge in [0.25, 0.3) is 5.56 Å². The first-order valence-electron chi connectivity index (χ1n) is 6.14. The van der Waals surface area contributed by atoms with E-state index >= 15 is 0 Å². The third-order valence-corrected chi connectivity index (χ3v) is 2.72. The Balaban J connectivity index is 2.67. The van der Waals surface area contributed by atoms with Crippen LogP contribution in [0.15, 0.2) is 29.1 Å². The topological polar surface area (TPSA) is 59.2 Å². The number of esters is 1. The highest BCUT2D eigenvalue weighted by Gasteiger charge is 2.22. The fourth-order valence-corrected chi connectivity index (χ4v) is 1.99. The molecule has 0 atom stereocenters. The van der Waals surface area contributed by atoms with Gasteiger partial charge in [0.2, 0.25) is 0 Å². The molecule has 0 radical (unpaired) electrons. The second-order valence-corrected chi connectivity index (χ2v) is 5.50. The van der Waals surface area contributed by atoms with Crippen LogP contribution in [0.2, 0.25) is 0 Å². The van der Waals surface area contributed by atoms with Crippen molar-refractivity contribution in [1.29, 1.82) is 0 Å². The van der Waals surface area contributed by atoms with Crippen molar-refractivity contribution in [3.05, 3.63) is 45.9 Å². The molecule has 100 valence electrons. The zero-order valence-corrected chi connectivity index (χ0v) is 11.5. The first-order chi connectivity index (χ1) is 8.79. The Morgan fingerprint density at radius 3 is 2.32 bits per heavy atom. The molecule has 0 bridgehead atoms. The summed E-state index contributed by atoms with van der Waals surface area (Å²) in [4.78, 5) is 26.8. The minimum Gasteiger partial charge on any atom is -0.456 e. The van der Waals surface area contributed by atoms with E-state index in [1.807, 2.05) is 20.8 Å². The molecule has 2 rings (SSSR count). The van der Waals surface area contributed by atoms with Crippen LogP contribution in [-0.2, 0) is 4.74 Å². The molecule has 19 heavy (non-hydrogen) atoms. The largest absolute Gasteiger partial charge is 0.456 e. The molecule has 0 aliphatic rings. The summed E-state index contributed by atoms with van der Waals surface area (Å²) in [6, 6.07) is 7.03. The van der Waals surface area contributed by atoms with Crippen molar-refractivity contribution in [3.8, 4) is 0 Å². The quantitative estimate of drug-likeness (QED) is 0.801. The van der Waals surface area contributed by atoms with E-state index in [9.17, 15) is 9.59 Å². The lowest BCUT2D eigenvalue weighted by Gasteiger charge is -2.20. The Morgan fingerprint density at radius 1 is 1.16 bits per heavy atom. The van der Waals surface area contributed by atoms with Crippen molar-refractivity contribution in [2.75, 3.05) is 0 Å². The van der Waals surface area contributed by atoms with Crippen molar-refractivity contribution >= 4 is 16.7 Å². The number of aromatic nitrogens is 1. The number of H-pyrrole nitrogens is 1. The average Bonchev–Trinajstić information content (AvgIpc) is 2.26. The molecule has 0 saturated heterocycles. The molecule has 1 N–H and O–H groups in total. The summed E-state index contributed by atoms with van der Waals surface area (Å²) < 4.78 is 5.39. The molecule has 0 unspecified atom stereocenters. The molecule has 0 fully saturated rings. The van der Waals surface area contributed by atoms with E-state index in [1.165, 1.54) is 0 Å². The Labute approximate surface area is 111 Å². The third kappa shape index (κ3) is 2.67. The van der Waals surface area contributed by atoms with Gasteiger partial charge < -0.3 is 9.72 Å². The fraction of sp³-hybridized carbons (Fsp3) is 0.333. The van der Waals surface area contributed by atoms with Crippen molar-refractivity contribution in [3.63, 3.8) is 0 Å². The molecule has 1 aromatic heterocycles. The smallest absolute Gasteiger partial charge is 0.341 e. The lowest BCUT2D eigenvalue weighted by Crippen LogP contribution is -2.25. The first kappa shape index (κ1) is 13.3. The second-order valence-electron chi connectivity index (χ2n) is 5.50. The summed E-state index contributed by atoms with van der Waals surface area (Å²) in [7, 11) is 0. The number of aromatic amines is 1. The van der Waals surface area contributed by atoms with E-state index in [0.29, 0.717) is 22.0 Å². The van der Waals surface area contributed by atoms with Crippen LogP contribution in [0.1, 0.15) is 36.8 Å². The molecule has 4 heteroatoms. The monoisotopic (exact) mass is 259 g/mol. The van der Waals surface area contributed by atoms with Crippen molar-refractivity contribution in [2.45, 2.75) is 33.3 Å². The van der Waals surface area contributed by atoms with Gasteiger partial charge in [-0.25, -0.2) is 4.79 Å². The summed E-state index contributed by atoms with van der Waals surface area (Å²) in [5, 5.41) is 1.12. The number of nitrogens with one attached hydrogen (secondary N) is 1. The molecule has 0 aliphatic carbocycles. The van der Waals surface area contributed by atoms with Gasteiger partial charge in [-0.3, -0.25) is 4.79 Å². The number of ether oxygens (including phenoxy) is 1. The first-order valence-corrected chi connectivity index (χ1v) is 6.14. The van der Waals surface area contributed by atoms with Crippen LogP contribution < -0.4 is 5.56 Å². The minimum atomic E-state index is -0.569. The molecule has 1 aromatic carbocycles. The highest BCUT2D eigenvalue weighted by atomic mass is 16.6. The third-order valence-electron chi connectivity index (χ3n) is 2.72. The summed E-state index contributed by atoms with van der Waals surface area (Å²) in [6.45, 7) is 7.14. The van der Waals surface area contributed by atoms with Gasteiger partial charge in [-0.05, 0) is 33.8 Å². The molecule has 0 saturated carbocycles. The van der Waals surface area contributed by atoms with Gasteiger partial charge in [0.1, 0.15) is 5.60 Å². The Morgan fingerprint density at radius 2 is 1.74 bits per heavy atom. The number of carbonyl (C=O) groups excluding carboxylic acids is 1. The lowest BCUT2D eigenvalue weighted by molar-refractivity contribution is 0.00706. The highest BCUT2D eigenvalue weighted by molar-refractivity contribution is 6.05. The number of pyridine rings is 1. The Kier molecular flexibility index (Phi) is 3.18. The zero-order valence-electron chi connectivity index (χ0n) is 11.5. The molecular formula is C15H17NO3. The lowest BCUT2D eigenvalue weighted by atomic mass is 10.0. The number of fused-ring (bicyclic) bond motifs is 1. The number of carbonyl (C=O) groups is 1. The highest BCUT2D eigenvalue weighted by Crippen LogP contribution is 2.21. The molecular weight excluding hydrogens is 242 g/mol. The van der Waals surface area contributed by atoms with Gasteiger partial charge in [-0.1, -0.05) is 18.2 Å². The Hall–Kier alpha value is -2.10. The average molecular weight is 259 g/mol. The van der Waals surface area contributed by atoms with E-state index < -0.39 is 11.6 Å². The van der Waals surface area contributed by atoms with E-state index in [0.717, 1.165) is 0 Å². The maximum absolute atomic E-state index is 12.3. The normalized spacial score (nSPS) is 11.6. The van der Waals surface area contributed by atoms with Crippen LogP contribution in [0, 0.1) is 6.92 Å². The van der Waals surface area contributed by atoms with Crippen LogP contribution in [0.3, 0.4) is 0 Å². The van der Waals surface area contributed by atoms with Gasteiger partial charge in [0.15, 0.2) is 0 Å². The second kappa shape index (κ2) is 4.53. The number of hydrogen-bond donors (Lipinski definition) is 1. The van der Waals surface area contributed by atoms with E-state index in [2.05, 4.69) is 4.98 Å². The van der Waals surface area contributed by atoms with E-state index in [-0.39, 0.29) is 5.56 Å². The number of rotatable bonds is 1. The van der Waals surface area contributed by atoms with Crippen molar-refractivity contribution in [1.82, 2.24) is 4.98 Å². The summed E-state index contributed by atoms with van der Waals surface area (Å²) in [6.07, 6.45) is 0. The zero-order chi connectivity index (χ0) is 14.2. The van der Waals surface area contributed by atoms with Crippen LogP contribution in [0.4, 0.5) is 0 Å². The molecule has 0 amide bonds. The van der Waals surface area contributed by atoms with Crippen LogP contribution >= 0.6 is 0 Å². The number of hydrogen-bond acceptors (Lipinski definition) is 3. The maximum atomic E-state index is 12.3. The molecule has 0 aliphatic heterocycles. The standard InChI is InChI=1S/C15H17NO3/c1-9-12(14(18)19-15(2,3)4)10-7-5-6-8-11(10)13(17)16-9/h5-8H,1-4H3,(H,16,17). The molecule has 2 aromatic rings. The van der Waals surface area contributed by atoms with E-state index in [4.69, 9.17) is 4.74 Å². The van der Waals surface area contributed by atoms with Gasteiger partial charge in [0, 0.05) is 16.5 Å². The molecule has 4 nitrogen and oxygen atoms in total. The van der Waals surface area contributed by atoms with Crippen molar-refractivity contribution in [2.24, 2.45) is 0 Å². The Bertz CT molecular complexity index is 693. The predicted octanol–water partition coefficient (Wildman–Crippen LogP) is 2.79. The maximum Gasteiger partial charge on any atom is 0.341 e. The summed E-state index contributed by atoms with van der Waals surface area (Å²) >= 11 is 0. The van der Waals surface area contributed by atoms with Gasteiger partial charge in [-0.15, -0.1) is 0 Å². The van der Waals surface area contributed by atoms with Gasteiger partial charge >= 0.3 is 5.97 Å². The van der Waals surface area contributed by atoms with E-state index in [1.54, 1.807) is 31.2 Å². The molecule has 0 spiro atoms. The van der Waals surface area contributed by atoms with Gasteiger partial charge in [-0.2, -0.15) is 0 Å². The van der Waals surface area contributed by atoms with Gasteiger partial charge in [0.05, 0.1) is 5.56 Å². The summed E-state index contributed by atoms with van der Waals surface area (Å²) in [5.41, 5.74) is 0.185. The number of aryl methyl sites for hydroxylation is 1. The van der Waals surface area contributed by atoms with Crippen LogP contribution in [0.25, 0.3) is 10.8 Å². The van der Waals surface area contributed by atoms with Crippen molar-refractivity contribution < 1.29 is 9.53 Å². The van der Waals surface area contributed by atoms with Crippen LogP contribution in [-0.4, -0.2) is 16.6 Å².